The zero-order chi connectivity index (χ0) is 10.5. The van der Waals surface area contributed by atoms with Gasteiger partial charge in [0.1, 0.15) is 0 Å². The summed E-state index contributed by atoms with van der Waals surface area (Å²) in [6, 6.07) is 2.20. The molecule has 0 aromatic heterocycles. The topological polar surface area (TPSA) is 33.0 Å². The van der Waals surface area contributed by atoms with E-state index in [0.717, 1.165) is 12.0 Å². The van der Waals surface area contributed by atoms with Gasteiger partial charge in [0, 0.05) is 0 Å². The molecule has 1 atom stereocenters. The Morgan fingerprint density at radius 1 is 1.54 bits per heavy atom. The van der Waals surface area contributed by atoms with Crippen LogP contribution >= 0.6 is 0 Å². The first-order chi connectivity index (χ1) is 5.94. The Morgan fingerprint density at radius 3 is 2.31 bits per heavy atom. The van der Waals surface area contributed by atoms with Crippen molar-refractivity contribution in [1.29, 1.82) is 5.26 Å². The molecule has 0 amide bonds. The van der Waals surface area contributed by atoms with Gasteiger partial charge in [-0.1, -0.05) is 13.0 Å². The summed E-state index contributed by atoms with van der Waals surface area (Å²) in [4.78, 5) is 0. The summed E-state index contributed by atoms with van der Waals surface area (Å²) in [5.41, 5.74) is 1.09. The Bertz CT molecular complexity index is 222. The minimum absolute atomic E-state index is 0.332. The Kier molecular flexibility index (Phi) is 4.97. The van der Waals surface area contributed by atoms with E-state index >= 15 is 0 Å². The molecule has 0 unspecified atom stereocenters. The van der Waals surface area contributed by atoms with E-state index in [-0.39, 0.29) is 6.10 Å². The normalized spacial score (nSPS) is 15.2. The first kappa shape index (κ1) is 12.4. The lowest BCUT2D eigenvalue weighted by molar-refractivity contribution is 0.280. The highest BCUT2D eigenvalue weighted by Gasteiger charge is 2.22. The predicted octanol–water partition coefficient (Wildman–Crippen LogP) is 3.09. The van der Waals surface area contributed by atoms with Crippen molar-refractivity contribution in [2.24, 2.45) is 0 Å². The number of allylic oxidation sites excluding steroid dienone is 1. The minimum atomic E-state index is -1.60. The molecule has 0 saturated heterocycles. The van der Waals surface area contributed by atoms with Gasteiger partial charge in [0.2, 0.25) is 0 Å². The predicted molar refractivity (Wildman–Crippen MR) is 57.9 cm³/mol. The molecule has 74 valence electrons. The number of nitrogens with zero attached hydrogens (tertiary/aromatic N) is 1. The second-order valence-electron chi connectivity index (χ2n) is 3.96. The smallest absolute Gasteiger partial charge is 0.185 e. The third kappa shape index (κ3) is 4.86. The molecule has 2 nitrogen and oxygen atoms in total. The first-order valence-corrected chi connectivity index (χ1v) is 8.08. The van der Waals surface area contributed by atoms with Crippen molar-refractivity contribution in [3.63, 3.8) is 0 Å². The third-order valence-electron chi connectivity index (χ3n) is 1.70. The number of hydrogen-bond donors (Lipinski definition) is 0. The van der Waals surface area contributed by atoms with Gasteiger partial charge in [-0.3, -0.25) is 0 Å². The van der Waals surface area contributed by atoms with Gasteiger partial charge in [-0.2, -0.15) is 5.26 Å². The fourth-order valence-corrected chi connectivity index (χ4v) is 1.99. The van der Waals surface area contributed by atoms with Crippen LogP contribution in [0.1, 0.15) is 20.3 Å². The van der Waals surface area contributed by atoms with Crippen molar-refractivity contribution in [1.82, 2.24) is 0 Å². The van der Waals surface area contributed by atoms with Gasteiger partial charge in [-0.05, 0) is 38.6 Å². The average Bonchev–Trinajstić information content (AvgIpc) is 2.02. The molecule has 0 aromatic carbocycles. The van der Waals surface area contributed by atoms with Crippen LogP contribution in [0.2, 0.25) is 19.6 Å². The summed E-state index contributed by atoms with van der Waals surface area (Å²) in [5.74, 6) is 0. The molecule has 0 heterocycles. The van der Waals surface area contributed by atoms with Gasteiger partial charge in [-0.15, -0.1) is 0 Å². The zero-order valence-electron chi connectivity index (χ0n) is 9.22. The molecule has 0 rings (SSSR count). The molecular formula is C10H19NOSi. The SMILES string of the molecule is C/C=C(/CC)[C@@H](C#N)O[Si](C)(C)C. The number of hydrogen-bond acceptors (Lipinski definition) is 2. The second-order valence-corrected chi connectivity index (χ2v) is 8.42. The Labute approximate surface area is 82.3 Å². The summed E-state index contributed by atoms with van der Waals surface area (Å²) in [6.45, 7) is 10.3. The standard InChI is InChI=1S/C10H19NOSi/c1-6-9(7-2)10(8-11)12-13(3,4)5/h6,10H,7H2,1-5H3/b9-6-/t10-/m1/s1. The number of nitriles is 1. The van der Waals surface area contributed by atoms with E-state index in [1.165, 1.54) is 0 Å². The lowest BCUT2D eigenvalue weighted by Crippen LogP contribution is -2.32. The molecule has 0 fully saturated rings. The Morgan fingerprint density at radius 2 is 2.08 bits per heavy atom. The van der Waals surface area contributed by atoms with E-state index in [2.05, 4.69) is 25.7 Å². The number of rotatable bonds is 4. The maximum Gasteiger partial charge on any atom is 0.185 e. The van der Waals surface area contributed by atoms with Crippen LogP contribution in [0.4, 0.5) is 0 Å². The molecule has 3 heteroatoms. The largest absolute Gasteiger partial charge is 0.399 e. The van der Waals surface area contributed by atoms with Crippen LogP contribution < -0.4 is 0 Å². The molecule has 0 spiro atoms. The van der Waals surface area contributed by atoms with Crippen LogP contribution in [-0.2, 0) is 4.43 Å². The lowest BCUT2D eigenvalue weighted by Gasteiger charge is -2.22. The molecule has 0 aromatic rings. The Balaban J connectivity index is 4.46. The fraction of sp³-hybridized carbons (Fsp3) is 0.700. The minimum Gasteiger partial charge on any atom is -0.399 e. The van der Waals surface area contributed by atoms with Crippen LogP contribution in [0, 0.1) is 11.3 Å². The van der Waals surface area contributed by atoms with Gasteiger partial charge in [0.25, 0.3) is 0 Å². The van der Waals surface area contributed by atoms with Crippen molar-refractivity contribution in [3.05, 3.63) is 11.6 Å². The van der Waals surface area contributed by atoms with Gasteiger partial charge >= 0.3 is 0 Å². The van der Waals surface area contributed by atoms with Crippen molar-refractivity contribution in [2.75, 3.05) is 0 Å². The molecule has 0 saturated carbocycles. The highest BCUT2D eigenvalue weighted by atomic mass is 28.4. The van der Waals surface area contributed by atoms with Crippen LogP contribution in [-0.4, -0.2) is 14.4 Å². The molecule has 0 N–H and O–H groups in total. The monoisotopic (exact) mass is 197 g/mol. The fourth-order valence-electron chi connectivity index (χ4n) is 1.08. The van der Waals surface area contributed by atoms with E-state index in [1.807, 2.05) is 19.9 Å². The van der Waals surface area contributed by atoms with Crippen molar-refractivity contribution in [3.8, 4) is 6.07 Å². The zero-order valence-corrected chi connectivity index (χ0v) is 10.2. The Hall–Kier alpha value is -0.593. The van der Waals surface area contributed by atoms with Crippen molar-refractivity contribution < 1.29 is 4.43 Å². The van der Waals surface area contributed by atoms with E-state index in [1.54, 1.807) is 0 Å². The second kappa shape index (κ2) is 5.20. The van der Waals surface area contributed by atoms with Gasteiger partial charge in [0.15, 0.2) is 14.4 Å². The summed E-state index contributed by atoms with van der Waals surface area (Å²) in [5, 5.41) is 8.93. The van der Waals surface area contributed by atoms with Crippen LogP contribution in [0.3, 0.4) is 0 Å². The molecule has 13 heavy (non-hydrogen) atoms. The van der Waals surface area contributed by atoms with Crippen molar-refractivity contribution >= 4 is 8.32 Å². The van der Waals surface area contributed by atoms with Crippen LogP contribution in [0.5, 0.6) is 0 Å². The molecule has 0 aliphatic heterocycles. The van der Waals surface area contributed by atoms with E-state index in [9.17, 15) is 0 Å². The maximum atomic E-state index is 8.93. The van der Waals surface area contributed by atoms with Gasteiger partial charge in [-0.25, -0.2) is 0 Å². The first-order valence-electron chi connectivity index (χ1n) is 4.67. The molecular weight excluding hydrogens is 178 g/mol. The highest BCUT2D eigenvalue weighted by Crippen LogP contribution is 2.15. The average molecular weight is 197 g/mol. The molecule has 0 aliphatic rings. The third-order valence-corrected chi connectivity index (χ3v) is 2.65. The summed E-state index contributed by atoms with van der Waals surface area (Å²) in [6.07, 6.45) is 2.54. The summed E-state index contributed by atoms with van der Waals surface area (Å²) >= 11 is 0. The summed E-state index contributed by atoms with van der Waals surface area (Å²) in [7, 11) is -1.60. The summed E-state index contributed by atoms with van der Waals surface area (Å²) < 4.78 is 5.74. The molecule has 0 radical (unpaired) electrons. The molecule has 0 aliphatic carbocycles. The van der Waals surface area contributed by atoms with Crippen molar-refractivity contribution in [2.45, 2.75) is 46.0 Å². The quantitative estimate of drug-likeness (QED) is 0.512. The van der Waals surface area contributed by atoms with Crippen LogP contribution in [0.15, 0.2) is 11.6 Å². The van der Waals surface area contributed by atoms with E-state index in [4.69, 9.17) is 9.69 Å². The van der Waals surface area contributed by atoms with Gasteiger partial charge < -0.3 is 4.43 Å². The molecule has 0 bridgehead atoms. The van der Waals surface area contributed by atoms with Crippen LogP contribution in [0.25, 0.3) is 0 Å². The lowest BCUT2D eigenvalue weighted by atomic mass is 10.1. The highest BCUT2D eigenvalue weighted by molar-refractivity contribution is 6.69. The maximum absolute atomic E-state index is 8.93. The van der Waals surface area contributed by atoms with E-state index in [0.29, 0.717) is 0 Å². The van der Waals surface area contributed by atoms with Gasteiger partial charge in [0.05, 0.1) is 6.07 Å². The van der Waals surface area contributed by atoms with E-state index < -0.39 is 8.32 Å².